The molecular formula is C17H27ClOSi. The first-order valence-electron chi connectivity index (χ1n) is 7.52. The summed E-state index contributed by atoms with van der Waals surface area (Å²) in [6, 6.07) is 8.69. The predicted molar refractivity (Wildman–Crippen MR) is 89.9 cm³/mol. The summed E-state index contributed by atoms with van der Waals surface area (Å²) in [4.78, 5) is 0. The van der Waals surface area contributed by atoms with Gasteiger partial charge >= 0.3 is 0 Å². The van der Waals surface area contributed by atoms with Gasteiger partial charge in [-0.25, -0.2) is 0 Å². The molecule has 1 aliphatic rings. The van der Waals surface area contributed by atoms with Crippen LogP contribution in [0.1, 0.15) is 57.0 Å². The summed E-state index contributed by atoms with van der Waals surface area (Å²) in [5.74, 6) is 0. The second kappa shape index (κ2) is 5.15. The number of rotatable bonds is 4. The maximum atomic E-state index is 6.69. The highest BCUT2D eigenvalue weighted by Crippen LogP contribution is 2.54. The van der Waals surface area contributed by atoms with Gasteiger partial charge in [0, 0.05) is 0 Å². The number of hydrogen-bond acceptors (Lipinski definition) is 1. The molecule has 0 bridgehead atoms. The second-order valence-corrected chi connectivity index (χ2v) is 13.0. The molecule has 1 aromatic rings. The zero-order valence-electron chi connectivity index (χ0n) is 13.6. The molecule has 0 saturated heterocycles. The predicted octanol–water partition coefficient (Wildman–Crippen LogP) is 6.00. The molecule has 0 spiro atoms. The second-order valence-electron chi connectivity index (χ2n) is 7.59. The van der Waals surface area contributed by atoms with Gasteiger partial charge in [0.1, 0.15) is 0 Å². The normalized spacial score (nSPS) is 19.8. The molecule has 1 atom stereocenters. The van der Waals surface area contributed by atoms with E-state index in [4.69, 9.17) is 16.0 Å². The summed E-state index contributed by atoms with van der Waals surface area (Å²) < 4.78 is 6.69. The highest BCUT2D eigenvalue weighted by Gasteiger charge is 2.52. The zero-order valence-corrected chi connectivity index (χ0v) is 15.3. The highest BCUT2D eigenvalue weighted by molar-refractivity contribution is 6.74. The molecular weight excluding hydrogens is 284 g/mol. The third kappa shape index (κ3) is 3.13. The third-order valence-electron chi connectivity index (χ3n) is 4.86. The first kappa shape index (κ1) is 16.1. The van der Waals surface area contributed by atoms with Crippen LogP contribution in [0, 0.1) is 0 Å². The van der Waals surface area contributed by atoms with Gasteiger partial charge in [-0.15, -0.1) is 11.6 Å². The van der Waals surface area contributed by atoms with Crippen molar-refractivity contribution in [3.8, 4) is 0 Å². The first-order chi connectivity index (χ1) is 9.07. The minimum Gasteiger partial charge on any atom is -0.407 e. The molecule has 0 heterocycles. The van der Waals surface area contributed by atoms with Gasteiger partial charge in [0.2, 0.25) is 0 Å². The SMILES string of the molecule is CC(Cl)c1ccc(C2(O[Si](C)(C)C(C)(C)C)CC2)cc1. The minimum absolute atomic E-state index is 0.0168. The summed E-state index contributed by atoms with van der Waals surface area (Å²) in [5, 5.41) is 0.327. The fourth-order valence-electron chi connectivity index (χ4n) is 2.26. The van der Waals surface area contributed by atoms with E-state index in [9.17, 15) is 0 Å². The molecule has 3 heteroatoms. The maximum absolute atomic E-state index is 6.69. The Morgan fingerprint density at radius 2 is 1.65 bits per heavy atom. The molecule has 0 aromatic heterocycles. The summed E-state index contributed by atoms with van der Waals surface area (Å²) in [5.41, 5.74) is 2.49. The van der Waals surface area contributed by atoms with E-state index in [2.05, 4.69) is 58.1 Å². The molecule has 1 aliphatic carbocycles. The van der Waals surface area contributed by atoms with E-state index in [1.165, 1.54) is 11.1 Å². The number of benzene rings is 1. The molecule has 0 radical (unpaired) electrons. The van der Waals surface area contributed by atoms with Crippen LogP contribution in [0.3, 0.4) is 0 Å². The van der Waals surface area contributed by atoms with Crippen LogP contribution in [0.4, 0.5) is 0 Å². The fourth-order valence-corrected chi connectivity index (χ4v) is 4.01. The molecule has 1 saturated carbocycles. The van der Waals surface area contributed by atoms with E-state index in [1.54, 1.807) is 0 Å². The lowest BCUT2D eigenvalue weighted by Crippen LogP contribution is -2.44. The van der Waals surface area contributed by atoms with Gasteiger partial charge in [0.05, 0.1) is 11.0 Å². The van der Waals surface area contributed by atoms with Crippen LogP contribution in [-0.4, -0.2) is 8.32 Å². The number of halogens is 1. The van der Waals surface area contributed by atoms with E-state index in [1.807, 2.05) is 6.92 Å². The molecule has 1 unspecified atom stereocenters. The van der Waals surface area contributed by atoms with E-state index in [0.29, 0.717) is 0 Å². The van der Waals surface area contributed by atoms with Crippen LogP contribution < -0.4 is 0 Å². The van der Waals surface area contributed by atoms with E-state index < -0.39 is 8.32 Å². The van der Waals surface area contributed by atoms with Gasteiger partial charge in [0.15, 0.2) is 8.32 Å². The molecule has 2 rings (SSSR count). The summed E-state index contributed by atoms with van der Waals surface area (Å²) >= 11 is 6.13. The van der Waals surface area contributed by atoms with Gasteiger partial charge in [-0.05, 0) is 49.0 Å². The average Bonchev–Trinajstić information content (AvgIpc) is 3.08. The van der Waals surface area contributed by atoms with Gasteiger partial charge in [-0.1, -0.05) is 45.0 Å². The lowest BCUT2D eigenvalue weighted by atomic mass is 10.0. The van der Waals surface area contributed by atoms with Crippen LogP contribution in [0.25, 0.3) is 0 Å². The van der Waals surface area contributed by atoms with Crippen molar-refractivity contribution in [3.05, 3.63) is 35.4 Å². The van der Waals surface area contributed by atoms with Crippen LogP contribution in [0.15, 0.2) is 24.3 Å². The molecule has 1 fully saturated rings. The van der Waals surface area contributed by atoms with Crippen LogP contribution in [-0.2, 0) is 10.0 Å². The van der Waals surface area contributed by atoms with Crippen molar-refractivity contribution in [2.24, 2.45) is 0 Å². The Bertz CT molecular complexity index is 467. The Labute approximate surface area is 129 Å². The quantitative estimate of drug-likeness (QED) is 0.489. The Morgan fingerprint density at radius 3 is 2.00 bits per heavy atom. The van der Waals surface area contributed by atoms with Crippen molar-refractivity contribution in [3.63, 3.8) is 0 Å². The lowest BCUT2D eigenvalue weighted by molar-refractivity contribution is 0.159. The van der Waals surface area contributed by atoms with Crippen LogP contribution in [0.2, 0.25) is 18.1 Å². The summed E-state index contributed by atoms with van der Waals surface area (Å²) in [6.07, 6.45) is 2.30. The standard InChI is InChI=1S/C17H27ClOSi/c1-13(18)14-7-9-15(10-8-14)17(11-12-17)19-20(5,6)16(2,3)4/h7-10,13H,11-12H2,1-6H3. The van der Waals surface area contributed by atoms with E-state index >= 15 is 0 Å². The number of hydrogen-bond donors (Lipinski definition) is 0. The molecule has 0 amide bonds. The summed E-state index contributed by atoms with van der Waals surface area (Å²) in [7, 11) is -1.72. The van der Waals surface area contributed by atoms with E-state index in [0.717, 1.165) is 12.8 Å². The molecule has 0 aliphatic heterocycles. The highest BCUT2D eigenvalue weighted by atomic mass is 35.5. The van der Waals surface area contributed by atoms with Gasteiger partial charge < -0.3 is 4.43 Å². The van der Waals surface area contributed by atoms with Crippen molar-refractivity contribution in [1.29, 1.82) is 0 Å². The van der Waals surface area contributed by atoms with Gasteiger partial charge in [0.25, 0.3) is 0 Å². The number of alkyl halides is 1. The Morgan fingerprint density at radius 1 is 1.15 bits per heavy atom. The van der Waals surface area contributed by atoms with E-state index in [-0.39, 0.29) is 16.0 Å². The summed E-state index contributed by atoms with van der Waals surface area (Å²) in [6.45, 7) is 13.6. The smallest absolute Gasteiger partial charge is 0.193 e. The largest absolute Gasteiger partial charge is 0.407 e. The topological polar surface area (TPSA) is 9.23 Å². The molecule has 112 valence electrons. The van der Waals surface area contributed by atoms with Crippen LogP contribution >= 0.6 is 11.6 Å². The molecule has 0 N–H and O–H groups in total. The van der Waals surface area contributed by atoms with Gasteiger partial charge in [-0.2, -0.15) is 0 Å². The van der Waals surface area contributed by atoms with Crippen molar-refractivity contribution in [2.75, 3.05) is 0 Å². The Hall–Kier alpha value is -0.313. The Balaban J connectivity index is 2.20. The fraction of sp³-hybridized carbons (Fsp3) is 0.647. The maximum Gasteiger partial charge on any atom is 0.193 e. The minimum atomic E-state index is -1.72. The first-order valence-corrected chi connectivity index (χ1v) is 10.9. The van der Waals surface area contributed by atoms with Crippen LogP contribution in [0.5, 0.6) is 0 Å². The third-order valence-corrected chi connectivity index (χ3v) is 9.62. The zero-order chi connectivity index (χ0) is 15.2. The molecule has 20 heavy (non-hydrogen) atoms. The average molecular weight is 311 g/mol. The monoisotopic (exact) mass is 310 g/mol. The van der Waals surface area contributed by atoms with Gasteiger partial charge in [-0.3, -0.25) is 0 Å². The molecule has 1 aromatic carbocycles. The van der Waals surface area contributed by atoms with Crippen molar-refractivity contribution >= 4 is 19.9 Å². The van der Waals surface area contributed by atoms with Crippen molar-refractivity contribution < 1.29 is 4.43 Å². The van der Waals surface area contributed by atoms with Crippen molar-refractivity contribution in [1.82, 2.24) is 0 Å². The molecule has 1 nitrogen and oxygen atoms in total. The van der Waals surface area contributed by atoms with Crippen molar-refractivity contribution in [2.45, 2.75) is 69.6 Å². The lowest BCUT2D eigenvalue weighted by Gasteiger charge is -2.39. The Kier molecular flexibility index (Phi) is 4.14.